The minimum Gasteiger partial charge on any atom is -0.352 e. The SMILES string of the molecule is CC1CCCCN1S(=O)(=O)c1ccc2c(c1)C(C(=O)NCCCN1CCc3ccccc3C1)=CC(=O)C2. The molecule has 1 fully saturated rings. The summed E-state index contributed by atoms with van der Waals surface area (Å²) in [5.41, 5.74) is 4.26. The van der Waals surface area contributed by atoms with Crippen molar-refractivity contribution in [1.82, 2.24) is 14.5 Å². The van der Waals surface area contributed by atoms with Crippen molar-refractivity contribution in [1.29, 1.82) is 0 Å². The molecular weight excluding hydrogens is 486 g/mol. The number of rotatable bonds is 7. The molecule has 1 saturated heterocycles. The van der Waals surface area contributed by atoms with E-state index in [2.05, 4.69) is 34.5 Å². The lowest BCUT2D eigenvalue weighted by molar-refractivity contribution is -0.117. The standard InChI is InChI=1S/C29H35N3O4S/c1-21-7-4-5-15-32(21)37(35,36)26-11-10-23-17-25(33)18-28(27(23)19-26)29(34)30-13-6-14-31-16-12-22-8-2-3-9-24(22)20-31/h2-3,8-11,18-19,21H,4-7,12-17,20H2,1H3,(H,30,34). The fraction of sp³-hybridized carbons (Fsp3) is 0.448. The normalized spacial score (nSPS) is 20.6. The maximum Gasteiger partial charge on any atom is 0.252 e. The molecular formula is C29H35N3O4S. The van der Waals surface area contributed by atoms with Crippen LogP contribution in [-0.2, 0) is 39.0 Å². The number of hydrogen-bond donors (Lipinski definition) is 1. The van der Waals surface area contributed by atoms with Crippen molar-refractivity contribution in [2.45, 2.75) is 62.9 Å². The van der Waals surface area contributed by atoms with Gasteiger partial charge in [-0.05, 0) is 73.1 Å². The fourth-order valence-corrected chi connectivity index (χ4v) is 7.42. The van der Waals surface area contributed by atoms with Crippen LogP contribution in [0.3, 0.4) is 0 Å². The summed E-state index contributed by atoms with van der Waals surface area (Å²) >= 11 is 0. The molecule has 0 radical (unpaired) electrons. The summed E-state index contributed by atoms with van der Waals surface area (Å²) in [6.45, 7) is 5.73. The van der Waals surface area contributed by atoms with Crippen LogP contribution >= 0.6 is 0 Å². The molecule has 37 heavy (non-hydrogen) atoms. The third-order valence-electron chi connectivity index (χ3n) is 7.78. The first-order valence-electron chi connectivity index (χ1n) is 13.3. The van der Waals surface area contributed by atoms with Gasteiger partial charge in [0.15, 0.2) is 5.78 Å². The van der Waals surface area contributed by atoms with Gasteiger partial charge in [0.25, 0.3) is 5.91 Å². The Morgan fingerprint density at radius 3 is 2.68 bits per heavy atom. The number of piperidine rings is 1. The summed E-state index contributed by atoms with van der Waals surface area (Å²) in [5, 5.41) is 2.96. The predicted octanol–water partition coefficient (Wildman–Crippen LogP) is 3.32. The van der Waals surface area contributed by atoms with E-state index in [-0.39, 0.29) is 34.6 Å². The number of ketones is 1. The number of hydrogen-bond acceptors (Lipinski definition) is 5. The van der Waals surface area contributed by atoms with Gasteiger partial charge < -0.3 is 5.32 Å². The van der Waals surface area contributed by atoms with Gasteiger partial charge in [0, 0.05) is 45.2 Å². The molecule has 7 nitrogen and oxygen atoms in total. The molecule has 0 aromatic heterocycles. The summed E-state index contributed by atoms with van der Waals surface area (Å²) in [4.78, 5) is 28.1. The number of fused-ring (bicyclic) bond motifs is 2. The molecule has 1 aliphatic carbocycles. The number of carbonyl (C=O) groups excluding carboxylic acids is 2. The number of nitrogens with zero attached hydrogens (tertiary/aromatic N) is 2. The van der Waals surface area contributed by atoms with E-state index in [0.29, 0.717) is 24.2 Å². The molecule has 8 heteroatoms. The fourth-order valence-electron chi connectivity index (χ4n) is 5.70. The Hall–Kier alpha value is -2.81. The molecule has 0 spiro atoms. The Balaban J connectivity index is 1.24. The van der Waals surface area contributed by atoms with Gasteiger partial charge in [-0.15, -0.1) is 0 Å². The van der Waals surface area contributed by atoms with Crippen LogP contribution in [-0.4, -0.2) is 61.5 Å². The average Bonchev–Trinajstić information content (AvgIpc) is 2.90. The van der Waals surface area contributed by atoms with Crippen molar-refractivity contribution in [2.24, 2.45) is 0 Å². The van der Waals surface area contributed by atoms with Gasteiger partial charge >= 0.3 is 0 Å². The van der Waals surface area contributed by atoms with E-state index in [0.717, 1.165) is 51.7 Å². The summed E-state index contributed by atoms with van der Waals surface area (Å²) in [7, 11) is -3.68. The second-order valence-electron chi connectivity index (χ2n) is 10.4. The van der Waals surface area contributed by atoms with Gasteiger partial charge in [-0.25, -0.2) is 8.42 Å². The highest BCUT2D eigenvalue weighted by Crippen LogP contribution is 2.31. The maximum atomic E-state index is 13.4. The Kier molecular flexibility index (Phi) is 7.60. The number of benzene rings is 2. The number of amides is 1. The largest absolute Gasteiger partial charge is 0.352 e. The van der Waals surface area contributed by atoms with Crippen molar-refractivity contribution < 1.29 is 18.0 Å². The van der Waals surface area contributed by atoms with E-state index in [1.165, 1.54) is 17.2 Å². The van der Waals surface area contributed by atoms with Crippen LogP contribution in [0.1, 0.15) is 54.9 Å². The molecule has 0 saturated carbocycles. The molecule has 0 bridgehead atoms. The summed E-state index contributed by atoms with van der Waals surface area (Å²) in [5.74, 6) is -0.482. The molecule has 3 aliphatic rings. The van der Waals surface area contributed by atoms with Gasteiger partial charge in [-0.1, -0.05) is 36.8 Å². The van der Waals surface area contributed by atoms with E-state index in [1.54, 1.807) is 22.5 Å². The lowest BCUT2D eigenvalue weighted by Gasteiger charge is -2.32. The molecule has 1 atom stereocenters. The van der Waals surface area contributed by atoms with E-state index in [4.69, 9.17) is 0 Å². The number of allylic oxidation sites excluding steroid dienone is 1. The number of carbonyl (C=O) groups is 2. The maximum absolute atomic E-state index is 13.4. The topological polar surface area (TPSA) is 86.8 Å². The van der Waals surface area contributed by atoms with E-state index in [9.17, 15) is 18.0 Å². The predicted molar refractivity (Wildman–Crippen MR) is 143 cm³/mol. The minimum atomic E-state index is -3.68. The second-order valence-corrected chi connectivity index (χ2v) is 12.3. The van der Waals surface area contributed by atoms with Gasteiger partial charge in [0.1, 0.15) is 0 Å². The van der Waals surface area contributed by atoms with Crippen molar-refractivity contribution in [3.8, 4) is 0 Å². The van der Waals surface area contributed by atoms with Crippen LogP contribution in [0.5, 0.6) is 0 Å². The smallest absolute Gasteiger partial charge is 0.252 e. The zero-order chi connectivity index (χ0) is 26.0. The molecule has 1 unspecified atom stereocenters. The van der Waals surface area contributed by atoms with Gasteiger partial charge in [-0.3, -0.25) is 14.5 Å². The monoisotopic (exact) mass is 521 g/mol. The molecule has 1 N–H and O–H groups in total. The molecule has 196 valence electrons. The minimum absolute atomic E-state index is 0.0527. The summed E-state index contributed by atoms with van der Waals surface area (Å²) < 4.78 is 28.4. The highest BCUT2D eigenvalue weighted by molar-refractivity contribution is 7.89. The lowest BCUT2D eigenvalue weighted by atomic mass is 9.89. The first kappa shape index (κ1) is 25.8. The van der Waals surface area contributed by atoms with Crippen LogP contribution in [0.4, 0.5) is 0 Å². The second kappa shape index (κ2) is 10.9. The molecule has 2 aromatic carbocycles. The zero-order valence-electron chi connectivity index (χ0n) is 21.4. The van der Waals surface area contributed by atoms with Crippen LogP contribution < -0.4 is 5.32 Å². The molecule has 2 aliphatic heterocycles. The van der Waals surface area contributed by atoms with Crippen LogP contribution in [0.2, 0.25) is 0 Å². The Morgan fingerprint density at radius 2 is 1.86 bits per heavy atom. The third-order valence-corrected chi connectivity index (χ3v) is 9.79. The lowest BCUT2D eigenvalue weighted by Crippen LogP contribution is -2.42. The van der Waals surface area contributed by atoms with Crippen LogP contribution in [0.25, 0.3) is 5.57 Å². The summed E-state index contributed by atoms with van der Waals surface area (Å²) in [6.07, 6.45) is 6.08. The van der Waals surface area contributed by atoms with E-state index >= 15 is 0 Å². The quantitative estimate of drug-likeness (QED) is 0.565. The molecule has 5 rings (SSSR count). The van der Waals surface area contributed by atoms with Gasteiger partial charge in [0.2, 0.25) is 10.0 Å². The van der Waals surface area contributed by atoms with Gasteiger partial charge in [-0.2, -0.15) is 4.31 Å². The Labute approximate surface area is 219 Å². The van der Waals surface area contributed by atoms with E-state index < -0.39 is 10.0 Å². The molecule has 2 heterocycles. The first-order chi connectivity index (χ1) is 17.8. The zero-order valence-corrected chi connectivity index (χ0v) is 22.2. The van der Waals surface area contributed by atoms with Gasteiger partial charge in [0.05, 0.1) is 10.5 Å². The Morgan fingerprint density at radius 1 is 1.05 bits per heavy atom. The first-order valence-corrected chi connectivity index (χ1v) is 14.7. The Bertz CT molecular complexity index is 1330. The average molecular weight is 522 g/mol. The van der Waals surface area contributed by atoms with Crippen LogP contribution in [0.15, 0.2) is 53.4 Å². The van der Waals surface area contributed by atoms with Crippen LogP contribution in [0, 0.1) is 0 Å². The van der Waals surface area contributed by atoms with E-state index in [1.807, 2.05) is 6.92 Å². The molecule has 1 amide bonds. The van der Waals surface area contributed by atoms with Crippen molar-refractivity contribution >= 4 is 27.3 Å². The molecule has 2 aromatic rings. The number of nitrogens with one attached hydrogen (secondary N) is 1. The van der Waals surface area contributed by atoms with Crippen molar-refractivity contribution in [2.75, 3.05) is 26.2 Å². The third kappa shape index (κ3) is 5.56. The van der Waals surface area contributed by atoms with Crippen molar-refractivity contribution in [3.05, 3.63) is 70.8 Å². The highest BCUT2D eigenvalue weighted by Gasteiger charge is 2.32. The van der Waals surface area contributed by atoms with Crippen molar-refractivity contribution in [3.63, 3.8) is 0 Å². The summed E-state index contributed by atoms with van der Waals surface area (Å²) in [6, 6.07) is 13.3. The number of sulfonamides is 1. The highest BCUT2D eigenvalue weighted by atomic mass is 32.2.